The highest BCUT2D eigenvalue weighted by atomic mass is 16.5. The van der Waals surface area contributed by atoms with Crippen molar-refractivity contribution in [2.45, 2.75) is 32.6 Å². The molecular weight excluding hydrogens is 306 g/mol. The van der Waals surface area contributed by atoms with Crippen LogP contribution in [0.25, 0.3) is 0 Å². The molecule has 0 bridgehead atoms. The number of urea groups is 1. The number of nitrogens with zero attached hydrogens (tertiary/aromatic N) is 1. The second kappa shape index (κ2) is 7.40. The number of hydrogen-bond donors (Lipinski definition) is 2. The summed E-state index contributed by atoms with van der Waals surface area (Å²) < 4.78 is 10.7. The number of anilines is 2. The van der Waals surface area contributed by atoms with Crippen LogP contribution in [0.1, 0.15) is 19.4 Å². The van der Waals surface area contributed by atoms with Gasteiger partial charge in [0.1, 0.15) is 0 Å². The molecule has 2 atom stereocenters. The summed E-state index contributed by atoms with van der Waals surface area (Å²) in [5.41, 5.74) is 2.83. The highest BCUT2D eigenvalue weighted by Gasteiger charge is 2.22. The Labute approximate surface area is 141 Å². The zero-order valence-corrected chi connectivity index (χ0v) is 14.0. The first-order chi connectivity index (χ1) is 11.6. The van der Waals surface area contributed by atoms with Crippen molar-refractivity contribution in [1.29, 1.82) is 0 Å². The van der Waals surface area contributed by atoms with Crippen LogP contribution in [0.3, 0.4) is 0 Å². The molecule has 1 aromatic heterocycles. The third-order valence-electron chi connectivity index (χ3n) is 3.94. The van der Waals surface area contributed by atoms with Crippen LogP contribution >= 0.6 is 0 Å². The number of furan rings is 1. The molecule has 1 fully saturated rings. The molecule has 24 heavy (non-hydrogen) atoms. The van der Waals surface area contributed by atoms with Crippen LogP contribution in [-0.2, 0) is 11.3 Å². The minimum atomic E-state index is -0.238. The molecule has 2 amide bonds. The highest BCUT2D eigenvalue weighted by molar-refractivity contribution is 5.89. The third-order valence-corrected chi connectivity index (χ3v) is 3.94. The van der Waals surface area contributed by atoms with Crippen molar-refractivity contribution in [3.8, 4) is 0 Å². The van der Waals surface area contributed by atoms with Gasteiger partial charge < -0.3 is 24.7 Å². The van der Waals surface area contributed by atoms with E-state index in [1.807, 2.05) is 30.3 Å². The van der Waals surface area contributed by atoms with Crippen molar-refractivity contribution >= 4 is 17.4 Å². The second-order valence-corrected chi connectivity index (χ2v) is 6.15. The lowest BCUT2D eigenvalue weighted by atomic mass is 10.2. The van der Waals surface area contributed by atoms with Gasteiger partial charge in [0, 0.05) is 36.6 Å². The number of morpholine rings is 1. The number of ether oxygens (including phenoxy) is 1. The average molecular weight is 329 g/mol. The predicted molar refractivity (Wildman–Crippen MR) is 93.2 cm³/mol. The molecule has 0 aliphatic carbocycles. The summed E-state index contributed by atoms with van der Waals surface area (Å²) in [4.78, 5) is 14.2. The molecule has 128 valence electrons. The SMILES string of the molecule is C[C@H]1CN(c2ccc(NC(=O)NCc3ccoc3)cc2)C[C@H](C)O1. The fourth-order valence-corrected chi connectivity index (χ4v) is 2.90. The fourth-order valence-electron chi connectivity index (χ4n) is 2.90. The van der Waals surface area contributed by atoms with Gasteiger partial charge in [-0.3, -0.25) is 0 Å². The number of nitrogens with one attached hydrogen (secondary N) is 2. The molecule has 1 aromatic carbocycles. The zero-order chi connectivity index (χ0) is 16.9. The summed E-state index contributed by atoms with van der Waals surface area (Å²) in [5, 5.41) is 5.61. The highest BCUT2D eigenvalue weighted by Crippen LogP contribution is 2.22. The zero-order valence-electron chi connectivity index (χ0n) is 14.0. The Hall–Kier alpha value is -2.47. The van der Waals surface area contributed by atoms with Crippen LogP contribution in [0.4, 0.5) is 16.2 Å². The van der Waals surface area contributed by atoms with Gasteiger partial charge in [-0.1, -0.05) is 0 Å². The molecule has 2 aromatic rings. The lowest BCUT2D eigenvalue weighted by molar-refractivity contribution is -0.00521. The molecule has 2 heterocycles. The maximum absolute atomic E-state index is 11.9. The van der Waals surface area contributed by atoms with Crippen molar-refractivity contribution < 1.29 is 13.9 Å². The van der Waals surface area contributed by atoms with Gasteiger partial charge in [0.25, 0.3) is 0 Å². The van der Waals surface area contributed by atoms with E-state index in [2.05, 4.69) is 29.4 Å². The maximum Gasteiger partial charge on any atom is 0.319 e. The lowest BCUT2D eigenvalue weighted by Crippen LogP contribution is -2.45. The van der Waals surface area contributed by atoms with E-state index in [0.717, 1.165) is 30.0 Å². The van der Waals surface area contributed by atoms with E-state index in [-0.39, 0.29) is 18.2 Å². The van der Waals surface area contributed by atoms with E-state index in [0.29, 0.717) is 6.54 Å². The lowest BCUT2D eigenvalue weighted by Gasteiger charge is -2.36. The van der Waals surface area contributed by atoms with Crippen LogP contribution in [0.2, 0.25) is 0 Å². The van der Waals surface area contributed by atoms with Gasteiger partial charge in [-0.25, -0.2) is 4.79 Å². The monoisotopic (exact) mass is 329 g/mol. The van der Waals surface area contributed by atoms with Crippen LogP contribution < -0.4 is 15.5 Å². The molecule has 0 saturated carbocycles. The van der Waals surface area contributed by atoms with Crippen LogP contribution in [-0.4, -0.2) is 31.3 Å². The summed E-state index contributed by atoms with van der Waals surface area (Å²) in [6.07, 6.45) is 3.64. The average Bonchev–Trinajstić information content (AvgIpc) is 3.06. The molecular formula is C18H23N3O3. The molecule has 6 heteroatoms. The van der Waals surface area contributed by atoms with Crippen molar-refractivity contribution in [3.63, 3.8) is 0 Å². The van der Waals surface area contributed by atoms with E-state index in [9.17, 15) is 4.79 Å². The first kappa shape index (κ1) is 16.4. The molecule has 0 unspecified atom stereocenters. The van der Waals surface area contributed by atoms with Gasteiger partial charge in [-0.05, 0) is 44.2 Å². The first-order valence-electron chi connectivity index (χ1n) is 8.16. The Morgan fingerprint density at radius 2 is 1.88 bits per heavy atom. The van der Waals surface area contributed by atoms with Gasteiger partial charge in [0.15, 0.2) is 0 Å². The second-order valence-electron chi connectivity index (χ2n) is 6.15. The number of carbonyl (C=O) groups excluding carboxylic acids is 1. The quantitative estimate of drug-likeness (QED) is 0.904. The number of benzene rings is 1. The van der Waals surface area contributed by atoms with E-state index < -0.39 is 0 Å². The first-order valence-corrected chi connectivity index (χ1v) is 8.16. The Bertz CT molecular complexity index is 645. The molecule has 0 radical (unpaired) electrons. The predicted octanol–water partition coefficient (Wildman–Crippen LogP) is 3.21. The van der Waals surface area contributed by atoms with Crippen molar-refractivity contribution in [3.05, 3.63) is 48.4 Å². The summed E-state index contributed by atoms with van der Waals surface area (Å²) in [5.74, 6) is 0. The normalized spacial score (nSPS) is 20.7. The number of carbonyl (C=O) groups is 1. The summed E-state index contributed by atoms with van der Waals surface area (Å²) in [6.45, 7) is 6.36. The topological polar surface area (TPSA) is 66.7 Å². The minimum absolute atomic E-state index is 0.222. The molecule has 2 N–H and O–H groups in total. The largest absolute Gasteiger partial charge is 0.472 e. The number of rotatable bonds is 4. The van der Waals surface area contributed by atoms with Crippen molar-refractivity contribution in [2.24, 2.45) is 0 Å². The van der Waals surface area contributed by atoms with Gasteiger partial charge >= 0.3 is 6.03 Å². The Kier molecular flexibility index (Phi) is 5.05. The number of amides is 2. The fraction of sp³-hybridized carbons (Fsp3) is 0.389. The van der Waals surface area contributed by atoms with Gasteiger partial charge in [0.05, 0.1) is 24.7 Å². The third kappa shape index (κ3) is 4.29. The van der Waals surface area contributed by atoms with E-state index >= 15 is 0 Å². The molecule has 1 aliphatic rings. The maximum atomic E-state index is 11.9. The van der Waals surface area contributed by atoms with Crippen LogP contribution in [0.5, 0.6) is 0 Å². The van der Waals surface area contributed by atoms with Gasteiger partial charge in [-0.2, -0.15) is 0 Å². The van der Waals surface area contributed by atoms with E-state index in [4.69, 9.17) is 9.15 Å². The Morgan fingerprint density at radius 1 is 1.17 bits per heavy atom. The standard InChI is InChI=1S/C18H23N3O3/c1-13-10-21(11-14(2)24-13)17-5-3-16(4-6-17)20-18(22)19-9-15-7-8-23-12-15/h3-8,12-14H,9-11H2,1-2H3,(H2,19,20,22)/t13-,14-/m0/s1. The van der Waals surface area contributed by atoms with Gasteiger partial charge in [-0.15, -0.1) is 0 Å². The Morgan fingerprint density at radius 3 is 2.50 bits per heavy atom. The summed E-state index contributed by atoms with van der Waals surface area (Å²) in [6, 6.07) is 9.46. The van der Waals surface area contributed by atoms with Crippen molar-refractivity contribution in [2.75, 3.05) is 23.3 Å². The van der Waals surface area contributed by atoms with Crippen LogP contribution in [0, 0.1) is 0 Å². The molecule has 0 spiro atoms. The minimum Gasteiger partial charge on any atom is -0.472 e. The number of hydrogen-bond acceptors (Lipinski definition) is 4. The van der Waals surface area contributed by atoms with Crippen LogP contribution in [0.15, 0.2) is 47.3 Å². The Balaban J connectivity index is 1.53. The van der Waals surface area contributed by atoms with E-state index in [1.165, 1.54) is 0 Å². The molecule has 3 rings (SSSR count). The van der Waals surface area contributed by atoms with Crippen molar-refractivity contribution in [1.82, 2.24) is 5.32 Å². The smallest absolute Gasteiger partial charge is 0.319 e. The molecule has 1 saturated heterocycles. The molecule has 1 aliphatic heterocycles. The van der Waals surface area contributed by atoms with E-state index in [1.54, 1.807) is 12.5 Å². The summed E-state index contributed by atoms with van der Waals surface area (Å²) in [7, 11) is 0. The van der Waals surface area contributed by atoms with Gasteiger partial charge in [0.2, 0.25) is 0 Å². The molecule has 6 nitrogen and oxygen atoms in total. The summed E-state index contributed by atoms with van der Waals surface area (Å²) >= 11 is 0.